The molecule has 4 nitrogen and oxygen atoms in total. The molecule has 4 aromatic rings. The highest BCUT2D eigenvalue weighted by atomic mass is 16.3. The van der Waals surface area contributed by atoms with Crippen LogP contribution in [0.1, 0.15) is 5.56 Å². The molecular weight excluding hydrogens is 274 g/mol. The van der Waals surface area contributed by atoms with E-state index in [1.807, 2.05) is 55.5 Å². The van der Waals surface area contributed by atoms with Gasteiger partial charge < -0.3 is 4.42 Å². The Morgan fingerprint density at radius 1 is 0.864 bits per heavy atom. The second-order valence-corrected chi connectivity index (χ2v) is 5.13. The number of aryl methyl sites for hydroxylation is 1. The van der Waals surface area contributed by atoms with E-state index in [-0.39, 0.29) is 0 Å². The maximum Gasteiger partial charge on any atom is 0.227 e. The summed E-state index contributed by atoms with van der Waals surface area (Å²) in [5.41, 5.74) is 5.33. The molecule has 4 rings (SSSR count). The fourth-order valence-corrected chi connectivity index (χ4v) is 2.38. The second-order valence-electron chi connectivity index (χ2n) is 5.13. The molecule has 0 atom stereocenters. The van der Waals surface area contributed by atoms with Crippen LogP contribution in [0.25, 0.3) is 33.9 Å². The molecule has 106 valence electrons. The number of nitrogens with zero attached hydrogens (tertiary/aromatic N) is 3. The normalized spacial score (nSPS) is 11.0. The van der Waals surface area contributed by atoms with Gasteiger partial charge in [0, 0.05) is 18.0 Å². The first-order valence-electron chi connectivity index (χ1n) is 7.05. The highest BCUT2D eigenvalue weighted by Gasteiger charge is 2.10. The van der Waals surface area contributed by atoms with Gasteiger partial charge in [-0.3, -0.25) is 9.97 Å². The fraction of sp³-hybridized carbons (Fsp3) is 0.0556. The molecule has 0 spiro atoms. The van der Waals surface area contributed by atoms with Gasteiger partial charge in [-0.25, -0.2) is 4.98 Å². The summed E-state index contributed by atoms with van der Waals surface area (Å²) in [6, 6.07) is 15.6. The monoisotopic (exact) mass is 287 g/mol. The molecule has 0 radical (unpaired) electrons. The number of pyridine rings is 2. The van der Waals surface area contributed by atoms with Gasteiger partial charge in [-0.05, 0) is 48.9 Å². The number of oxazole rings is 1. The maximum absolute atomic E-state index is 5.81. The first kappa shape index (κ1) is 12.7. The van der Waals surface area contributed by atoms with Crippen molar-refractivity contribution in [3.63, 3.8) is 0 Å². The molecule has 0 fully saturated rings. The van der Waals surface area contributed by atoms with E-state index >= 15 is 0 Å². The van der Waals surface area contributed by atoms with Gasteiger partial charge >= 0.3 is 0 Å². The Bertz CT molecular complexity index is 926. The van der Waals surface area contributed by atoms with Crippen molar-refractivity contribution in [3.8, 4) is 22.8 Å². The van der Waals surface area contributed by atoms with Crippen molar-refractivity contribution in [1.82, 2.24) is 15.0 Å². The molecule has 0 bridgehead atoms. The first-order chi connectivity index (χ1) is 10.8. The number of hydrogen-bond donors (Lipinski definition) is 0. The van der Waals surface area contributed by atoms with E-state index in [1.54, 1.807) is 12.4 Å². The average Bonchev–Trinajstić information content (AvgIpc) is 2.99. The van der Waals surface area contributed by atoms with E-state index in [9.17, 15) is 0 Å². The molecule has 0 aliphatic rings. The molecule has 0 saturated carbocycles. The van der Waals surface area contributed by atoms with Crippen molar-refractivity contribution in [2.75, 3.05) is 0 Å². The van der Waals surface area contributed by atoms with Gasteiger partial charge in [0.15, 0.2) is 5.58 Å². The summed E-state index contributed by atoms with van der Waals surface area (Å²) in [4.78, 5) is 13.3. The minimum absolute atomic E-state index is 0.595. The summed E-state index contributed by atoms with van der Waals surface area (Å²) in [6.45, 7) is 2.04. The number of hydrogen-bond acceptors (Lipinski definition) is 4. The van der Waals surface area contributed by atoms with Crippen molar-refractivity contribution >= 4 is 11.1 Å². The minimum Gasteiger partial charge on any atom is -0.436 e. The first-order valence-corrected chi connectivity index (χ1v) is 7.05. The van der Waals surface area contributed by atoms with E-state index in [1.165, 1.54) is 0 Å². The van der Waals surface area contributed by atoms with Crippen LogP contribution in [0, 0.1) is 6.92 Å². The summed E-state index contributed by atoms with van der Waals surface area (Å²) >= 11 is 0. The standard InChI is InChI=1S/C18H13N3O/c1-12-6-8-19-15(10-12)16-11-13(7-9-20-16)18-21-14-4-2-3-5-17(14)22-18/h2-11H,1H3. The van der Waals surface area contributed by atoms with E-state index < -0.39 is 0 Å². The Kier molecular flexibility index (Phi) is 2.93. The molecule has 3 aromatic heterocycles. The third-order valence-corrected chi connectivity index (χ3v) is 3.48. The van der Waals surface area contributed by atoms with Crippen molar-refractivity contribution in [3.05, 3.63) is 66.5 Å². The third kappa shape index (κ3) is 2.24. The Morgan fingerprint density at radius 3 is 2.45 bits per heavy atom. The average molecular weight is 287 g/mol. The lowest BCUT2D eigenvalue weighted by atomic mass is 10.1. The summed E-state index contributed by atoms with van der Waals surface area (Å²) < 4.78 is 5.81. The van der Waals surface area contributed by atoms with Crippen molar-refractivity contribution in [2.24, 2.45) is 0 Å². The Hall–Kier alpha value is -3.01. The topological polar surface area (TPSA) is 51.8 Å². The zero-order valence-electron chi connectivity index (χ0n) is 12.0. The zero-order chi connectivity index (χ0) is 14.9. The molecule has 0 saturated heterocycles. The van der Waals surface area contributed by atoms with Gasteiger partial charge in [-0.15, -0.1) is 0 Å². The Morgan fingerprint density at radius 2 is 1.64 bits per heavy atom. The molecule has 1 aromatic carbocycles. The minimum atomic E-state index is 0.595. The molecule has 0 aliphatic heterocycles. The molecule has 0 unspecified atom stereocenters. The van der Waals surface area contributed by atoms with E-state index in [4.69, 9.17) is 4.42 Å². The summed E-state index contributed by atoms with van der Waals surface area (Å²) in [7, 11) is 0. The highest BCUT2D eigenvalue weighted by molar-refractivity contribution is 5.76. The second kappa shape index (κ2) is 5.07. The van der Waals surface area contributed by atoms with Crippen molar-refractivity contribution in [1.29, 1.82) is 0 Å². The Balaban J connectivity index is 1.81. The molecule has 22 heavy (non-hydrogen) atoms. The fourth-order valence-electron chi connectivity index (χ4n) is 2.38. The molecule has 3 heterocycles. The quantitative estimate of drug-likeness (QED) is 0.552. The third-order valence-electron chi connectivity index (χ3n) is 3.48. The van der Waals surface area contributed by atoms with Crippen molar-refractivity contribution in [2.45, 2.75) is 6.92 Å². The van der Waals surface area contributed by atoms with Crippen LogP contribution in [0.4, 0.5) is 0 Å². The van der Waals surface area contributed by atoms with Crippen LogP contribution in [0.2, 0.25) is 0 Å². The molecule has 0 N–H and O–H groups in total. The van der Waals surface area contributed by atoms with E-state index in [0.29, 0.717) is 5.89 Å². The summed E-state index contributed by atoms with van der Waals surface area (Å²) in [5, 5.41) is 0. The summed E-state index contributed by atoms with van der Waals surface area (Å²) in [6.07, 6.45) is 3.54. The number of para-hydroxylation sites is 2. The van der Waals surface area contributed by atoms with Crippen LogP contribution in [0.5, 0.6) is 0 Å². The lowest BCUT2D eigenvalue weighted by Gasteiger charge is -2.02. The van der Waals surface area contributed by atoms with E-state index in [0.717, 1.165) is 33.6 Å². The predicted octanol–water partition coefficient (Wildman–Crippen LogP) is 4.26. The zero-order valence-corrected chi connectivity index (χ0v) is 12.0. The van der Waals surface area contributed by atoms with Gasteiger partial charge in [-0.1, -0.05) is 12.1 Å². The summed E-state index contributed by atoms with van der Waals surface area (Å²) in [5.74, 6) is 0.595. The maximum atomic E-state index is 5.81. The van der Waals surface area contributed by atoms with Crippen LogP contribution in [-0.2, 0) is 0 Å². The SMILES string of the molecule is Cc1ccnc(-c2cc(-c3nc4ccccc4o3)ccn2)c1. The van der Waals surface area contributed by atoms with Gasteiger partial charge in [0.1, 0.15) is 5.52 Å². The molecule has 0 amide bonds. The van der Waals surface area contributed by atoms with Crippen molar-refractivity contribution < 1.29 is 4.42 Å². The van der Waals surface area contributed by atoms with Gasteiger partial charge in [0.25, 0.3) is 0 Å². The lowest BCUT2D eigenvalue weighted by molar-refractivity contribution is 0.620. The smallest absolute Gasteiger partial charge is 0.227 e. The number of rotatable bonds is 2. The molecular formula is C18H13N3O. The van der Waals surface area contributed by atoms with Crippen LogP contribution in [0.15, 0.2) is 65.3 Å². The van der Waals surface area contributed by atoms with Crippen LogP contribution >= 0.6 is 0 Å². The molecule has 0 aliphatic carbocycles. The van der Waals surface area contributed by atoms with Gasteiger partial charge in [-0.2, -0.15) is 0 Å². The van der Waals surface area contributed by atoms with Crippen LogP contribution < -0.4 is 0 Å². The van der Waals surface area contributed by atoms with Crippen LogP contribution in [-0.4, -0.2) is 15.0 Å². The number of benzene rings is 1. The van der Waals surface area contributed by atoms with E-state index in [2.05, 4.69) is 15.0 Å². The van der Waals surface area contributed by atoms with Crippen LogP contribution in [0.3, 0.4) is 0 Å². The number of fused-ring (bicyclic) bond motifs is 1. The number of aromatic nitrogens is 3. The molecule has 4 heteroatoms. The predicted molar refractivity (Wildman–Crippen MR) is 85.2 cm³/mol. The Labute approximate surface area is 127 Å². The van der Waals surface area contributed by atoms with Gasteiger partial charge in [0.2, 0.25) is 5.89 Å². The largest absolute Gasteiger partial charge is 0.436 e. The van der Waals surface area contributed by atoms with Gasteiger partial charge in [0.05, 0.1) is 11.4 Å². The highest BCUT2D eigenvalue weighted by Crippen LogP contribution is 2.26. The lowest BCUT2D eigenvalue weighted by Crippen LogP contribution is -1.89.